The van der Waals surface area contributed by atoms with E-state index in [0.29, 0.717) is 5.69 Å². The summed E-state index contributed by atoms with van der Waals surface area (Å²) in [6, 6.07) is 5.53. The minimum Gasteiger partial charge on any atom is -0.332 e. The normalized spacial score (nSPS) is 12.1. The molecular formula is C13H9F3N4O2S3. The number of aromatic nitrogens is 2. The number of halogens is 3. The SMILES string of the molecule is O=S(=O)(Nc1nccs1)c1ccc(Nc2nc(C(F)(F)F)cs2)cc1. The molecule has 0 saturated carbocycles. The molecule has 12 heteroatoms. The van der Waals surface area contributed by atoms with Crippen molar-refractivity contribution in [2.24, 2.45) is 0 Å². The van der Waals surface area contributed by atoms with Crippen LogP contribution in [0.15, 0.2) is 46.1 Å². The molecule has 1 aromatic carbocycles. The van der Waals surface area contributed by atoms with Gasteiger partial charge in [0.1, 0.15) is 0 Å². The first kappa shape index (κ1) is 17.6. The lowest BCUT2D eigenvalue weighted by atomic mass is 10.3. The van der Waals surface area contributed by atoms with Gasteiger partial charge in [-0.1, -0.05) is 0 Å². The maximum Gasteiger partial charge on any atom is 0.434 e. The van der Waals surface area contributed by atoms with Crippen LogP contribution in [0.4, 0.5) is 29.1 Å². The first-order valence-electron chi connectivity index (χ1n) is 6.56. The highest BCUT2D eigenvalue weighted by Crippen LogP contribution is 2.32. The molecule has 0 aliphatic heterocycles. The van der Waals surface area contributed by atoms with Gasteiger partial charge in [-0.2, -0.15) is 13.2 Å². The topological polar surface area (TPSA) is 84.0 Å². The smallest absolute Gasteiger partial charge is 0.332 e. The lowest BCUT2D eigenvalue weighted by Crippen LogP contribution is -2.12. The second kappa shape index (κ2) is 6.61. The van der Waals surface area contributed by atoms with E-state index in [0.717, 1.165) is 28.1 Å². The van der Waals surface area contributed by atoms with Gasteiger partial charge in [0.05, 0.1) is 4.90 Å². The predicted octanol–water partition coefficient (Wildman–Crippen LogP) is 4.16. The van der Waals surface area contributed by atoms with Gasteiger partial charge >= 0.3 is 6.18 Å². The molecule has 2 N–H and O–H groups in total. The van der Waals surface area contributed by atoms with Crippen LogP contribution in [-0.4, -0.2) is 18.4 Å². The highest BCUT2D eigenvalue weighted by molar-refractivity contribution is 7.93. The lowest BCUT2D eigenvalue weighted by molar-refractivity contribution is -0.140. The maximum atomic E-state index is 12.5. The highest BCUT2D eigenvalue weighted by Gasteiger charge is 2.33. The molecule has 0 bridgehead atoms. The molecule has 2 aromatic heterocycles. The molecule has 0 spiro atoms. The zero-order valence-electron chi connectivity index (χ0n) is 12.1. The van der Waals surface area contributed by atoms with Crippen molar-refractivity contribution in [2.45, 2.75) is 11.1 Å². The second-order valence-electron chi connectivity index (χ2n) is 4.63. The van der Waals surface area contributed by atoms with E-state index in [9.17, 15) is 21.6 Å². The van der Waals surface area contributed by atoms with Crippen molar-refractivity contribution in [3.63, 3.8) is 0 Å². The van der Waals surface area contributed by atoms with E-state index in [4.69, 9.17) is 0 Å². The van der Waals surface area contributed by atoms with Crippen molar-refractivity contribution in [3.8, 4) is 0 Å². The number of hydrogen-bond acceptors (Lipinski definition) is 7. The third-order valence-corrected chi connectivity index (χ3v) is 5.79. The molecule has 0 aliphatic carbocycles. The Labute approximate surface area is 148 Å². The first-order valence-corrected chi connectivity index (χ1v) is 9.80. The van der Waals surface area contributed by atoms with Crippen molar-refractivity contribution in [1.82, 2.24) is 9.97 Å². The third-order valence-electron chi connectivity index (χ3n) is 2.86. The molecule has 0 unspecified atom stereocenters. The Balaban J connectivity index is 1.73. The van der Waals surface area contributed by atoms with Crippen LogP contribution in [0.2, 0.25) is 0 Å². The van der Waals surface area contributed by atoms with E-state index in [1.54, 1.807) is 5.38 Å². The summed E-state index contributed by atoms with van der Waals surface area (Å²) >= 11 is 1.95. The summed E-state index contributed by atoms with van der Waals surface area (Å²) in [7, 11) is -3.78. The summed E-state index contributed by atoms with van der Waals surface area (Å²) in [6.45, 7) is 0. The summed E-state index contributed by atoms with van der Waals surface area (Å²) in [5.41, 5.74) is -0.567. The predicted molar refractivity (Wildman–Crippen MR) is 89.8 cm³/mol. The molecule has 0 atom stereocenters. The van der Waals surface area contributed by atoms with Crippen LogP contribution < -0.4 is 10.0 Å². The van der Waals surface area contributed by atoms with Crippen molar-refractivity contribution in [3.05, 3.63) is 46.9 Å². The standard InChI is InChI=1S/C13H9F3N4O2S3/c14-13(15,16)10-7-24-12(19-10)18-8-1-3-9(4-2-8)25(21,22)20-11-17-5-6-23-11/h1-7H,(H,17,20)(H,18,19). The van der Waals surface area contributed by atoms with Crippen LogP contribution in [0.25, 0.3) is 0 Å². The molecule has 132 valence electrons. The summed E-state index contributed by atoms with van der Waals surface area (Å²) in [5, 5.41) is 5.54. The fourth-order valence-electron chi connectivity index (χ4n) is 1.75. The maximum absolute atomic E-state index is 12.5. The number of anilines is 3. The van der Waals surface area contributed by atoms with E-state index in [1.807, 2.05) is 0 Å². The van der Waals surface area contributed by atoms with Crippen LogP contribution in [0, 0.1) is 0 Å². The van der Waals surface area contributed by atoms with Gasteiger partial charge in [-0.15, -0.1) is 22.7 Å². The van der Waals surface area contributed by atoms with E-state index in [-0.39, 0.29) is 15.2 Å². The second-order valence-corrected chi connectivity index (χ2v) is 8.06. The molecule has 0 aliphatic rings. The van der Waals surface area contributed by atoms with Crippen LogP contribution in [0.3, 0.4) is 0 Å². The van der Waals surface area contributed by atoms with Crippen LogP contribution in [0.5, 0.6) is 0 Å². The van der Waals surface area contributed by atoms with Gasteiger partial charge in [0.2, 0.25) is 0 Å². The van der Waals surface area contributed by atoms with Crippen molar-refractivity contribution in [1.29, 1.82) is 0 Å². The Morgan fingerprint density at radius 3 is 2.32 bits per heavy atom. The van der Waals surface area contributed by atoms with Crippen LogP contribution >= 0.6 is 22.7 Å². The van der Waals surface area contributed by atoms with Crippen molar-refractivity contribution in [2.75, 3.05) is 10.0 Å². The molecule has 3 aromatic rings. The number of thiazole rings is 2. The molecule has 0 radical (unpaired) electrons. The Bertz CT molecular complexity index is 951. The lowest BCUT2D eigenvalue weighted by Gasteiger charge is -2.07. The fourth-order valence-corrected chi connectivity index (χ4v) is 4.28. The minimum atomic E-state index is -4.50. The average molecular weight is 406 g/mol. The van der Waals surface area contributed by atoms with E-state index >= 15 is 0 Å². The molecular weight excluding hydrogens is 397 g/mol. The van der Waals surface area contributed by atoms with Gasteiger partial charge in [-0.3, -0.25) is 4.72 Å². The number of benzene rings is 1. The molecule has 3 rings (SSSR count). The highest BCUT2D eigenvalue weighted by atomic mass is 32.2. The number of hydrogen-bond donors (Lipinski definition) is 2. The number of nitrogens with zero attached hydrogens (tertiary/aromatic N) is 2. The van der Waals surface area contributed by atoms with Crippen molar-refractivity contribution < 1.29 is 21.6 Å². The number of rotatable bonds is 5. The fraction of sp³-hybridized carbons (Fsp3) is 0.0769. The van der Waals surface area contributed by atoms with Gasteiger partial charge < -0.3 is 5.32 Å². The monoisotopic (exact) mass is 406 g/mol. The Kier molecular flexibility index (Phi) is 4.67. The molecule has 0 saturated heterocycles. The van der Waals surface area contributed by atoms with E-state index in [1.165, 1.54) is 30.5 Å². The van der Waals surface area contributed by atoms with Gasteiger partial charge in [-0.05, 0) is 24.3 Å². The van der Waals surface area contributed by atoms with Gasteiger partial charge in [0.15, 0.2) is 16.0 Å². The third kappa shape index (κ3) is 4.27. The van der Waals surface area contributed by atoms with Gasteiger partial charge in [-0.25, -0.2) is 18.4 Å². The number of sulfonamides is 1. The quantitative estimate of drug-likeness (QED) is 0.665. The number of nitrogens with one attached hydrogen (secondary N) is 2. The molecule has 6 nitrogen and oxygen atoms in total. The van der Waals surface area contributed by atoms with Crippen molar-refractivity contribution >= 4 is 48.6 Å². The summed E-state index contributed by atoms with van der Waals surface area (Å²) in [4.78, 5) is 7.29. The van der Waals surface area contributed by atoms with Crippen LogP contribution in [0.1, 0.15) is 5.69 Å². The average Bonchev–Trinajstić information content (AvgIpc) is 3.18. The summed E-state index contributed by atoms with van der Waals surface area (Å²) in [6.07, 6.45) is -3.03. The first-order chi connectivity index (χ1) is 11.7. The molecule has 0 fully saturated rings. The van der Waals surface area contributed by atoms with Gasteiger partial charge in [0.25, 0.3) is 10.0 Å². The largest absolute Gasteiger partial charge is 0.434 e. The van der Waals surface area contributed by atoms with E-state index in [2.05, 4.69) is 20.0 Å². The Morgan fingerprint density at radius 2 is 1.76 bits per heavy atom. The number of alkyl halides is 3. The molecule has 0 amide bonds. The minimum absolute atomic E-state index is 0.00312. The summed E-state index contributed by atoms with van der Waals surface area (Å²) < 4.78 is 64.2. The Morgan fingerprint density at radius 1 is 1.04 bits per heavy atom. The molecule has 2 heterocycles. The zero-order chi connectivity index (χ0) is 18.1. The summed E-state index contributed by atoms with van der Waals surface area (Å²) in [5.74, 6) is 0. The zero-order valence-corrected chi connectivity index (χ0v) is 14.6. The van der Waals surface area contributed by atoms with Gasteiger partial charge in [0, 0.05) is 22.6 Å². The molecule has 25 heavy (non-hydrogen) atoms. The van der Waals surface area contributed by atoms with Crippen LogP contribution in [-0.2, 0) is 16.2 Å². The Hall–Kier alpha value is -2.18. The van der Waals surface area contributed by atoms with E-state index < -0.39 is 21.9 Å².